The van der Waals surface area contributed by atoms with E-state index in [-0.39, 0.29) is 24.5 Å². The van der Waals surface area contributed by atoms with Crippen molar-refractivity contribution >= 4 is 17.5 Å². The number of benzene rings is 1. The number of ether oxygens (including phenoxy) is 2. The summed E-state index contributed by atoms with van der Waals surface area (Å²) < 4.78 is 10.6. The van der Waals surface area contributed by atoms with Crippen molar-refractivity contribution in [2.45, 2.75) is 18.6 Å². The van der Waals surface area contributed by atoms with Crippen LogP contribution in [0, 0.1) is 0 Å². The van der Waals surface area contributed by atoms with Gasteiger partial charge in [-0.05, 0) is 17.7 Å². The number of methoxy groups -OCH3 is 1. The summed E-state index contributed by atoms with van der Waals surface area (Å²) in [5.41, 5.74) is 6.66. The van der Waals surface area contributed by atoms with E-state index >= 15 is 0 Å². The molecule has 1 aromatic carbocycles. The zero-order chi connectivity index (χ0) is 17.4. The number of hydrogen-bond donors (Lipinski definition) is 2. The molecule has 0 saturated carbocycles. The summed E-state index contributed by atoms with van der Waals surface area (Å²) in [6.45, 7) is 3.90. The van der Waals surface area contributed by atoms with Crippen molar-refractivity contribution < 1.29 is 14.3 Å². The van der Waals surface area contributed by atoms with E-state index in [4.69, 9.17) is 26.8 Å². The van der Waals surface area contributed by atoms with Crippen LogP contribution in [0.2, 0.25) is 5.02 Å². The molecule has 2 rings (SSSR count). The fourth-order valence-electron chi connectivity index (χ4n) is 2.81. The third kappa shape index (κ3) is 5.72. The highest BCUT2D eigenvalue weighted by Gasteiger charge is 2.23. The van der Waals surface area contributed by atoms with Gasteiger partial charge in [-0.1, -0.05) is 23.7 Å². The molecule has 1 fully saturated rings. The molecule has 0 spiro atoms. The van der Waals surface area contributed by atoms with E-state index < -0.39 is 0 Å². The maximum absolute atomic E-state index is 12.1. The number of rotatable bonds is 8. The number of amides is 1. The number of carbonyl (C=O) groups is 1. The molecule has 2 unspecified atom stereocenters. The molecule has 3 N–H and O–H groups in total. The lowest BCUT2D eigenvalue weighted by Crippen LogP contribution is -2.44. The van der Waals surface area contributed by atoms with Crippen LogP contribution in [0.1, 0.15) is 18.0 Å². The van der Waals surface area contributed by atoms with Crippen molar-refractivity contribution in [1.82, 2.24) is 10.2 Å². The van der Waals surface area contributed by atoms with Gasteiger partial charge in [-0.2, -0.15) is 0 Å². The molecule has 0 aromatic heterocycles. The van der Waals surface area contributed by atoms with E-state index in [9.17, 15) is 4.79 Å². The second kappa shape index (κ2) is 9.96. The molecule has 24 heavy (non-hydrogen) atoms. The first-order valence-electron chi connectivity index (χ1n) is 8.21. The molecule has 6 nitrogen and oxygen atoms in total. The van der Waals surface area contributed by atoms with E-state index in [1.165, 1.54) is 0 Å². The van der Waals surface area contributed by atoms with Gasteiger partial charge in [-0.25, -0.2) is 0 Å². The van der Waals surface area contributed by atoms with E-state index in [0.29, 0.717) is 31.3 Å². The molecule has 1 saturated heterocycles. The maximum Gasteiger partial charge on any atom is 0.222 e. The van der Waals surface area contributed by atoms with Crippen molar-refractivity contribution in [2.24, 2.45) is 5.73 Å². The van der Waals surface area contributed by atoms with Gasteiger partial charge in [0.25, 0.3) is 0 Å². The lowest BCUT2D eigenvalue weighted by Gasteiger charge is -2.35. The third-order valence-electron chi connectivity index (χ3n) is 4.22. The highest BCUT2D eigenvalue weighted by molar-refractivity contribution is 6.30. The predicted molar refractivity (Wildman–Crippen MR) is 94.1 cm³/mol. The minimum Gasteiger partial charge on any atom is -0.380 e. The summed E-state index contributed by atoms with van der Waals surface area (Å²) in [6.07, 6.45) is 0.0104. The molecule has 2 atom stereocenters. The Bertz CT molecular complexity index is 520. The molecule has 1 amide bonds. The first-order chi connectivity index (χ1) is 11.6. The van der Waals surface area contributed by atoms with Crippen LogP contribution in [0.3, 0.4) is 0 Å². The Labute approximate surface area is 148 Å². The van der Waals surface area contributed by atoms with Crippen molar-refractivity contribution in [1.29, 1.82) is 0 Å². The Balaban J connectivity index is 2.01. The summed E-state index contributed by atoms with van der Waals surface area (Å²) in [5, 5.41) is 3.69. The SMILES string of the molecule is COC(CN)CC(=O)NCC(c1cccc(Cl)c1)N1CCOCC1. The van der Waals surface area contributed by atoms with E-state index in [1.807, 2.05) is 24.3 Å². The van der Waals surface area contributed by atoms with Gasteiger partial charge < -0.3 is 20.5 Å². The summed E-state index contributed by atoms with van der Waals surface area (Å²) in [4.78, 5) is 14.5. The fraction of sp³-hybridized carbons (Fsp3) is 0.588. The minimum atomic E-state index is -0.252. The highest BCUT2D eigenvalue weighted by Crippen LogP contribution is 2.24. The highest BCUT2D eigenvalue weighted by atomic mass is 35.5. The van der Waals surface area contributed by atoms with Crippen LogP contribution in [0.5, 0.6) is 0 Å². The second-order valence-electron chi connectivity index (χ2n) is 5.82. The summed E-state index contributed by atoms with van der Waals surface area (Å²) >= 11 is 6.14. The predicted octanol–water partition coefficient (Wildman–Crippen LogP) is 1.19. The van der Waals surface area contributed by atoms with Crippen LogP contribution in [0.4, 0.5) is 0 Å². The quantitative estimate of drug-likeness (QED) is 0.732. The smallest absolute Gasteiger partial charge is 0.222 e. The van der Waals surface area contributed by atoms with E-state index in [1.54, 1.807) is 7.11 Å². The van der Waals surface area contributed by atoms with E-state index in [2.05, 4.69) is 10.2 Å². The van der Waals surface area contributed by atoms with Crippen LogP contribution in [0.15, 0.2) is 24.3 Å². The molecule has 7 heteroatoms. The zero-order valence-corrected chi connectivity index (χ0v) is 14.8. The molecule has 0 radical (unpaired) electrons. The lowest BCUT2D eigenvalue weighted by molar-refractivity contribution is -0.123. The van der Waals surface area contributed by atoms with Gasteiger partial charge >= 0.3 is 0 Å². The number of nitrogens with one attached hydrogen (secondary N) is 1. The van der Waals surface area contributed by atoms with Crippen LogP contribution in [-0.2, 0) is 14.3 Å². The van der Waals surface area contributed by atoms with Gasteiger partial charge in [0.2, 0.25) is 5.91 Å². The van der Waals surface area contributed by atoms with Gasteiger partial charge in [0.15, 0.2) is 0 Å². The largest absolute Gasteiger partial charge is 0.380 e. The van der Waals surface area contributed by atoms with Crippen LogP contribution >= 0.6 is 11.6 Å². The Hall–Kier alpha value is -1.18. The van der Waals surface area contributed by atoms with Crippen molar-refractivity contribution in [3.63, 3.8) is 0 Å². The standard InChI is InChI=1S/C17H26ClN3O3/c1-23-15(11-19)10-17(22)20-12-16(21-5-7-24-8-6-21)13-3-2-4-14(18)9-13/h2-4,9,15-16H,5-8,10-12,19H2,1H3,(H,20,22). The van der Waals surface area contributed by atoms with Gasteiger partial charge in [0.1, 0.15) is 0 Å². The van der Waals surface area contributed by atoms with Crippen molar-refractivity contribution in [3.05, 3.63) is 34.9 Å². The molecule has 0 aliphatic carbocycles. The molecule has 1 aliphatic rings. The first kappa shape index (κ1) is 19.1. The normalized spacial score (nSPS) is 18.1. The molecular formula is C17H26ClN3O3. The molecule has 134 valence electrons. The topological polar surface area (TPSA) is 76.8 Å². The number of hydrogen-bond acceptors (Lipinski definition) is 5. The number of carbonyl (C=O) groups excluding carboxylic acids is 1. The third-order valence-corrected chi connectivity index (χ3v) is 4.46. The minimum absolute atomic E-state index is 0.0624. The van der Waals surface area contributed by atoms with Crippen molar-refractivity contribution in [2.75, 3.05) is 46.5 Å². The number of nitrogens with two attached hydrogens (primary N) is 1. The van der Waals surface area contributed by atoms with Gasteiger partial charge in [0.05, 0.1) is 31.8 Å². The maximum atomic E-state index is 12.1. The molecule has 1 aromatic rings. The first-order valence-corrected chi connectivity index (χ1v) is 8.58. The Kier molecular flexibility index (Phi) is 7.94. The summed E-state index contributed by atoms with van der Waals surface area (Å²) in [6, 6.07) is 7.84. The van der Waals surface area contributed by atoms with Crippen LogP contribution in [0.25, 0.3) is 0 Å². The Morgan fingerprint density at radius 1 is 1.46 bits per heavy atom. The van der Waals surface area contributed by atoms with Crippen LogP contribution in [-0.4, -0.2) is 63.4 Å². The van der Waals surface area contributed by atoms with Gasteiger partial charge in [0, 0.05) is 38.3 Å². The molecule has 1 aliphatic heterocycles. The number of halogens is 1. The van der Waals surface area contributed by atoms with Crippen molar-refractivity contribution in [3.8, 4) is 0 Å². The molecule has 1 heterocycles. The summed E-state index contributed by atoms with van der Waals surface area (Å²) in [7, 11) is 1.56. The summed E-state index contributed by atoms with van der Waals surface area (Å²) in [5.74, 6) is -0.0624. The fourth-order valence-corrected chi connectivity index (χ4v) is 3.01. The number of nitrogens with zero attached hydrogens (tertiary/aromatic N) is 1. The lowest BCUT2D eigenvalue weighted by atomic mass is 10.0. The molecular weight excluding hydrogens is 330 g/mol. The average Bonchev–Trinajstić information content (AvgIpc) is 2.61. The average molecular weight is 356 g/mol. The monoisotopic (exact) mass is 355 g/mol. The number of morpholine rings is 1. The second-order valence-corrected chi connectivity index (χ2v) is 6.26. The Morgan fingerprint density at radius 3 is 2.83 bits per heavy atom. The van der Waals surface area contributed by atoms with Crippen LogP contribution < -0.4 is 11.1 Å². The Morgan fingerprint density at radius 2 is 2.21 bits per heavy atom. The van der Waals surface area contributed by atoms with Gasteiger partial charge in [-0.15, -0.1) is 0 Å². The van der Waals surface area contributed by atoms with E-state index in [0.717, 1.165) is 18.7 Å². The van der Waals surface area contributed by atoms with Gasteiger partial charge in [-0.3, -0.25) is 9.69 Å². The zero-order valence-electron chi connectivity index (χ0n) is 14.0. The molecule has 0 bridgehead atoms.